The van der Waals surface area contributed by atoms with E-state index in [0.29, 0.717) is 45.9 Å². The molecule has 114 valence electrons. The Morgan fingerprint density at radius 1 is 1.20 bits per heavy atom. The van der Waals surface area contributed by atoms with Crippen molar-refractivity contribution >= 4 is 12.0 Å². The first-order chi connectivity index (χ1) is 9.50. The van der Waals surface area contributed by atoms with Crippen molar-refractivity contribution in [3.63, 3.8) is 0 Å². The van der Waals surface area contributed by atoms with Crippen LogP contribution in [0, 0.1) is 0 Å². The Morgan fingerprint density at radius 2 is 1.85 bits per heavy atom. The molecule has 0 aromatic carbocycles. The first kappa shape index (κ1) is 15.1. The molecule has 0 bridgehead atoms. The standard InChI is InChI=1S/C13H23N3O4/c1-10-9-20-8-7-16(10)13(19)15-5-3-14(4-6-15)11(2)12(17)18/h10-11H,3-9H2,1-2H3,(H,17,18). The summed E-state index contributed by atoms with van der Waals surface area (Å²) in [6.07, 6.45) is 0. The number of carbonyl (C=O) groups is 2. The minimum Gasteiger partial charge on any atom is -0.480 e. The summed E-state index contributed by atoms with van der Waals surface area (Å²) in [5.74, 6) is -0.813. The number of morpholine rings is 1. The van der Waals surface area contributed by atoms with E-state index < -0.39 is 12.0 Å². The third kappa shape index (κ3) is 3.21. The van der Waals surface area contributed by atoms with E-state index in [-0.39, 0.29) is 12.1 Å². The molecule has 0 aliphatic carbocycles. The fourth-order valence-corrected chi connectivity index (χ4v) is 2.65. The summed E-state index contributed by atoms with van der Waals surface area (Å²) in [5, 5.41) is 9.00. The molecular weight excluding hydrogens is 262 g/mol. The fourth-order valence-electron chi connectivity index (χ4n) is 2.65. The zero-order chi connectivity index (χ0) is 14.7. The summed E-state index contributed by atoms with van der Waals surface area (Å²) < 4.78 is 5.34. The van der Waals surface area contributed by atoms with Crippen LogP contribution >= 0.6 is 0 Å². The van der Waals surface area contributed by atoms with Gasteiger partial charge in [-0.25, -0.2) is 4.79 Å². The highest BCUT2D eigenvalue weighted by atomic mass is 16.5. The maximum atomic E-state index is 12.4. The van der Waals surface area contributed by atoms with Gasteiger partial charge in [0.2, 0.25) is 0 Å². The first-order valence-electron chi connectivity index (χ1n) is 7.11. The smallest absolute Gasteiger partial charge is 0.320 e. The molecule has 2 atom stereocenters. The van der Waals surface area contributed by atoms with Crippen LogP contribution in [0.5, 0.6) is 0 Å². The highest BCUT2D eigenvalue weighted by Gasteiger charge is 2.31. The number of nitrogens with zero attached hydrogens (tertiary/aromatic N) is 3. The van der Waals surface area contributed by atoms with Crippen LogP contribution in [0.3, 0.4) is 0 Å². The van der Waals surface area contributed by atoms with Crippen LogP contribution in [-0.2, 0) is 9.53 Å². The van der Waals surface area contributed by atoms with Gasteiger partial charge in [0, 0.05) is 32.7 Å². The Bertz CT molecular complexity index is 369. The SMILES string of the molecule is CC(C(=O)O)N1CCN(C(=O)N2CCOCC2C)CC1. The van der Waals surface area contributed by atoms with Gasteiger partial charge in [-0.05, 0) is 13.8 Å². The third-order valence-electron chi connectivity index (χ3n) is 4.10. The number of carboxylic acids is 1. The average Bonchev–Trinajstić information content (AvgIpc) is 2.46. The molecule has 7 nitrogen and oxygen atoms in total. The van der Waals surface area contributed by atoms with E-state index in [4.69, 9.17) is 9.84 Å². The summed E-state index contributed by atoms with van der Waals surface area (Å²) in [6.45, 7) is 7.86. The minimum atomic E-state index is -0.813. The number of carbonyl (C=O) groups excluding carboxylic acids is 1. The molecule has 7 heteroatoms. The summed E-state index contributed by atoms with van der Waals surface area (Å²) in [4.78, 5) is 29.0. The number of rotatable bonds is 2. The lowest BCUT2D eigenvalue weighted by Gasteiger charge is -2.41. The highest BCUT2D eigenvalue weighted by Crippen LogP contribution is 2.13. The molecular formula is C13H23N3O4. The van der Waals surface area contributed by atoms with Crippen LogP contribution in [0.1, 0.15) is 13.8 Å². The Labute approximate surface area is 119 Å². The molecule has 20 heavy (non-hydrogen) atoms. The quantitative estimate of drug-likeness (QED) is 0.768. The zero-order valence-electron chi connectivity index (χ0n) is 12.1. The first-order valence-corrected chi connectivity index (χ1v) is 7.11. The van der Waals surface area contributed by atoms with Gasteiger partial charge in [-0.2, -0.15) is 0 Å². The van der Waals surface area contributed by atoms with Crippen LogP contribution < -0.4 is 0 Å². The molecule has 2 rings (SSSR count). The van der Waals surface area contributed by atoms with E-state index in [1.807, 2.05) is 21.6 Å². The summed E-state index contributed by atoms with van der Waals surface area (Å²) in [6, 6.07) is -0.342. The zero-order valence-corrected chi connectivity index (χ0v) is 12.1. The molecule has 2 heterocycles. The lowest BCUT2D eigenvalue weighted by atomic mass is 10.2. The largest absolute Gasteiger partial charge is 0.480 e. The van der Waals surface area contributed by atoms with Gasteiger partial charge in [0.05, 0.1) is 19.3 Å². The van der Waals surface area contributed by atoms with Gasteiger partial charge in [-0.15, -0.1) is 0 Å². The van der Waals surface area contributed by atoms with Gasteiger partial charge in [0.25, 0.3) is 0 Å². The number of aliphatic carboxylic acids is 1. The number of urea groups is 1. The number of carboxylic acid groups (broad SMARTS) is 1. The van der Waals surface area contributed by atoms with Crippen LogP contribution in [0.25, 0.3) is 0 Å². The molecule has 0 saturated carbocycles. The van der Waals surface area contributed by atoms with E-state index in [9.17, 15) is 9.59 Å². The molecule has 2 fully saturated rings. The van der Waals surface area contributed by atoms with Crippen molar-refractivity contribution in [1.82, 2.24) is 14.7 Å². The molecule has 2 aliphatic rings. The predicted molar refractivity (Wildman–Crippen MR) is 72.6 cm³/mol. The Morgan fingerprint density at radius 3 is 2.40 bits per heavy atom. The summed E-state index contributed by atoms with van der Waals surface area (Å²) in [5.41, 5.74) is 0. The van der Waals surface area contributed by atoms with Gasteiger partial charge < -0.3 is 19.6 Å². The number of piperazine rings is 1. The summed E-state index contributed by atoms with van der Waals surface area (Å²) in [7, 11) is 0. The number of amides is 2. The molecule has 0 spiro atoms. The summed E-state index contributed by atoms with van der Waals surface area (Å²) >= 11 is 0. The van der Waals surface area contributed by atoms with Crippen molar-refractivity contribution in [2.24, 2.45) is 0 Å². The topological polar surface area (TPSA) is 73.3 Å². The third-order valence-corrected chi connectivity index (χ3v) is 4.10. The van der Waals surface area contributed by atoms with Crippen molar-refractivity contribution in [1.29, 1.82) is 0 Å². The average molecular weight is 285 g/mol. The van der Waals surface area contributed by atoms with E-state index >= 15 is 0 Å². The van der Waals surface area contributed by atoms with Gasteiger partial charge in [0.15, 0.2) is 0 Å². The minimum absolute atomic E-state index is 0.0448. The molecule has 2 aliphatic heterocycles. The molecule has 2 amide bonds. The lowest BCUT2D eigenvalue weighted by Crippen LogP contribution is -2.58. The van der Waals surface area contributed by atoms with Crippen LogP contribution in [-0.4, -0.2) is 89.8 Å². The second-order valence-electron chi connectivity index (χ2n) is 5.44. The van der Waals surface area contributed by atoms with Crippen molar-refractivity contribution < 1.29 is 19.4 Å². The second kappa shape index (κ2) is 6.41. The number of hydrogen-bond donors (Lipinski definition) is 1. The van der Waals surface area contributed by atoms with E-state index in [1.165, 1.54) is 0 Å². The number of hydrogen-bond acceptors (Lipinski definition) is 4. The molecule has 0 aromatic rings. The fraction of sp³-hybridized carbons (Fsp3) is 0.846. The molecule has 0 aromatic heterocycles. The normalized spacial score (nSPS) is 26.4. The maximum Gasteiger partial charge on any atom is 0.320 e. The monoisotopic (exact) mass is 285 g/mol. The maximum absolute atomic E-state index is 12.4. The lowest BCUT2D eigenvalue weighted by molar-refractivity contribution is -0.143. The molecule has 2 unspecified atom stereocenters. The van der Waals surface area contributed by atoms with Gasteiger partial charge in [-0.1, -0.05) is 0 Å². The Kier molecular flexibility index (Phi) is 4.82. The van der Waals surface area contributed by atoms with Crippen molar-refractivity contribution in [3.8, 4) is 0 Å². The predicted octanol–water partition coefficient (Wildman–Crippen LogP) is -0.0822. The van der Waals surface area contributed by atoms with Crippen LogP contribution in [0.2, 0.25) is 0 Å². The van der Waals surface area contributed by atoms with Crippen molar-refractivity contribution in [2.75, 3.05) is 45.9 Å². The van der Waals surface area contributed by atoms with Gasteiger partial charge in [0.1, 0.15) is 6.04 Å². The second-order valence-corrected chi connectivity index (χ2v) is 5.44. The molecule has 2 saturated heterocycles. The van der Waals surface area contributed by atoms with E-state index in [1.54, 1.807) is 6.92 Å². The van der Waals surface area contributed by atoms with Crippen molar-refractivity contribution in [3.05, 3.63) is 0 Å². The highest BCUT2D eigenvalue weighted by molar-refractivity contribution is 5.75. The molecule has 0 radical (unpaired) electrons. The van der Waals surface area contributed by atoms with E-state index in [2.05, 4.69) is 0 Å². The number of ether oxygens (including phenoxy) is 1. The Balaban J connectivity index is 1.87. The molecule has 1 N–H and O–H groups in total. The van der Waals surface area contributed by atoms with Gasteiger partial charge in [-0.3, -0.25) is 9.69 Å². The van der Waals surface area contributed by atoms with Crippen LogP contribution in [0.4, 0.5) is 4.79 Å². The van der Waals surface area contributed by atoms with Crippen LogP contribution in [0.15, 0.2) is 0 Å². The van der Waals surface area contributed by atoms with Gasteiger partial charge >= 0.3 is 12.0 Å². The Hall–Kier alpha value is -1.34. The van der Waals surface area contributed by atoms with Crippen molar-refractivity contribution in [2.45, 2.75) is 25.9 Å². The van der Waals surface area contributed by atoms with E-state index in [0.717, 1.165) is 0 Å².